The number of aromatic carboxylic acids is 1. The third-order valence-corrected chi connectivity index (χ3v) is 5.86. The summed E-state index contributed by atoms with van der Waals surface area (Å²) in [6.07, 6.45) is 1.91. The number of rotatable bonds is 4. The summed E-state index contributed by atoms with van der Waals surface area (Å²) in [6.45, 7) is 4.12. The van der Waals surface area contributed by atoms with Crippen LogP contribution in [0.1, 0.15) is 37.0 Å². The smallest absolute Gasteiger partial charge is 0.335 e. The third-order valence-electron chi connectivity index (χ3n) is 4.93. The van der Waals surface area contributed by atoms with E-state index < -0.39 is 16.0 Å². The van der Waals surface area contributed by atoms with Gasteiger partial charge in [0.1, 0.15) is 0 Å². The van der Waals surface area contributed by atoms with Crippen molar-refractivity contribution in [1.82, 2.24) is 0 Å². The van der Waals surface area contributed by atoms with Crippen LogP contribution in [0.25, 0.3) is 11.1 Å². The summed E-state index contributed by atoms with van der Waals surface area (Å²) in [7, 11) is -4.11. The van der Waals surface area contributed by atoms with E-state index in [1.165, 1.54) is 0 Å². The molecule has 0 saturated carbocycles. The molecule has 0 amide bonds. The van der Waals surface area contributed by atoms with E-state index in [9.17, 15) is 18.3 Å². The Hall–Kier alpha value is -2.38. The number of hydrogen-bond donors (Lipinski definition) is 2. The zero-order chi connectivity index (χ0) is 19.1. The van der Waals surface area contributed by atoms with Crippen molar-refractivity contribution < 1.29 is 18.3 Å². The van der Waals surface area contributed by atoms with Gasteiger partial charge in [-0.25, -0.2) is 18.4 Å². The van der Waals surface area contributed by atoms with Gasteiger partial charge in [-0.1, -0.05) is 30.3 Å². The highest BCUT2D eigenvalue weighted by molar-refractivity contribution is 7.89. The fraction of sp³-hybridized carbons (Fsp3) is 0.316. The maximum Gasteiger partial charge on any atom is 0.335 e. The molecule has 6 nitrogen and oxygen atoms in total. The Morgan fingerprint density at radius 1 is 1.12 bits per heavy atom. The number of hydrogen-bond acceptors (Lipinski definition) is 4. The number of carboxylic acids is 1. The van der Waals surface area contributed by atoms with Crippen LogP contribution in [0, 0.1) is 0 Å². The van der Waals surface area contributed by atoms with E-state index in [0.29, 0.717) is 16.8 Å². The van der Waals surface area contributed by atoms with Gasteiger partial charge in [-0.3, -0.25) is 0 Å². The Morgan fingerprint density at radius 2 is 1.69 bits per heavy atom. The first kappa shape index (κ1) is 18.4. The minimum atomic E-state index is -4.11. The van der Waals surface area contributed by atoms with Gasteiger partial charge >= 0.3 is 5.97 Å². The van der Waals surface area contributed by atoms with E-state index in [1.54, 1.807) is 18.2 Å². The topological polar surface area (TPSA) is 101 Å². The second-order valence-corrected chi connectivity index (χ2v) is 8.30. The lowest BCUT2D eigenvalue weighted by Gasteiger charge is -2.32. The molecule has 7 heteroatoms. The van der Waals surface area contributed by atoms with E-state index in [0.717, 1.165) is 18.9 Å². The molecule has 2 aromatic carbocycles. The van der Waals surface area contributed by atoms with E-state index in [1.807, 2.05) is 18.2 Å². The summed E-state index contributed by atoms with van der Waals surface area (Å²) in [5.74, 6) is -1.18. The molecule has 0 aromatic heterocycles. The van der Waals surface area contributed by atoms with Crippen molar-refractivity contribution in [2.24, 2.45) is 5.14 Å². The van der Waals surface area contributed by atoms with Gasteiger partial charge in [0.15, 0.2) is 0 Å². The lowest BCUT2D eigenvalue weighted by atomic mass is 9.99. The first-order valence-electron chi connectivity index (χ1n) is 8.48. The molecule has 2 atom stereocenters. The van der Waals surface area contributed by atoms with E-state index >= 15 is 0 Å². The van der Waals surface area contributed by atoms with Crippen molar-refractivity contribution >= 4 is 21.7 Å². The molecule has 2 aromatic rings. The molecule has 0 radical (unpaired) electrons. The Morgan fingerprint density at radius 3 is 2.19 bits per heavy atom. The van der Waals surface area contributed by atoms with Crippen LogP contribution in [0.4, 0.5) is 5.69 Å². The van der Waals surface area contributed by atoms with Gasteiger partial charge in [0.25, 0.3) is 0 Å². The summed E-state index contributed by atoms with van der Waals surface area (Å²) >= 11 is 0. The highest BCUT2D eigenvalue weighted by Gasteiger charge is 2.32. The van der Waals surface area contributed by atoms with Crippen molar-refractivity contribution in [2.45, 2.75) is 43.7 Å². The van der Waals surface area contributed by atoms with Crippen molar-refractivity contribution in [3.8, 4) is 11.1 Å². The second kappa shape index (κ2) is 6.74. The zero-order valence-electron chi connectivity index (χ0n) is 14.7. The average molecular weight is 374 g/mol. The number of nitrogens with zero attached hydrogens (tertiary/aromatic N) is 1. The van der Waals surface area contributed by atoms with Crippen molar-refractivity contribution in [3.05, 3.63) is 48.0 Å². The summed E-state index contributed by atoms with van der Waals surface area (Å²) in [5.41, 5.74) is 1.65. The summed E-state index contributed by atoms with van der Waals surface area (Å²) in [6, 6.07) is 12.1. The fourth-order valence-electron chi connectivity index (χ4n) is 3.72. The Balaban J connectivity index is 2.40. The van der Waals surface area contributed by atoms with Crippen LogP contribution in [0.15, 0.2) is 47.4 Å². The van der Waals surface area contributed by atoms with Crippen LogP contribution in [0.3, 0.4) is 0 Å². The predicted octanol–water partition coefficient (Wildman–Crippen LogP) is 3.08. The standard InChI is InChI=1S/C19H22N2O4S/c1-12-8-9-13(2)21(12)16-10-15(19(22)23)11-17(26(20,24)25)18(16)14-6-4-3-5-7-14/h3-7,10-13H,8-9H2,1-2H3,(H,22,23)(H2,20,24,25). The molecular formula is C19H22N2O4S. The monoisotopic (exact) mass is 374 g/mol. The Labute approximate surface area is 153 Å². The molecule has 138 valence electrons. The van der Waals surface area contributed by atoms with Gasteiger partial charge < -0.3 is 10.0 Å². The maximum atomic E-state index is 12.3. The molecular weight excluding hydrogens is 352 g/mol. The van der Waals surface area contributed by atoms with Crippen molar-refractivity contribution in [3.63, 3.8) is 0 Å². The third kappa shape index (κ3) is 3.32. The highest BCUT2D eigenvalue weighted by atomic mass is 32.2. The highest BCUT2D eigenvalue weighted by Crippen LogP contribution is 2.41. The molecule has 0 bridgehead atoms. The van der Waals surface area contributed by atoms with Gasteiger partial charge in [-0.2, -0.15) is 0 Å². The maximum absolute atomic E-state index is 12.3. The van der Waals surface area contributed by atoms with Crippen LogP contribution < -0.4 is 10.0 Å². The normalized spacial score (nSPS) is 20.3. The molecule has 3 rings (SSSR count). The van der Waals surface area contributed by atoms with Crippen molar-refractivity contribution in [1.29, 1.82) is 0 Å². The van der Waals surface area contributed by atoms with Gasteiger partial charge in [-0.05, 0) is 44.4 Å². The number of nitrogens with two attached hydrogens (primary N) is 1. The largest absolute Gasteiger partial charge is 0.478 e. The van der Waals surface area contributed by atoms with Crippen LogP contribution in [0.2, 0.25) is 0 Å². The van der Waals surface area contributed by atoms with Gasteiger partial charge in [0.2, 0.25) is 10.0 Å². The number of carboxylic acid groups (broad SMARTS) is 1. The predicted molar refractivity (Wildman–Crippen MR) is 101 cm³/mol. The van der Waals surface area contributed by atoms with Crippen molar-refractivity contribution in [2.75, 3.05) is 4.90 Å². The Bertz CT molecular complexity index is 932. The molecule has 3 N–H and O–H groups in total. The summed E-state index contributed by atoms with van der Waals surface area (Å²) in [4.78, 5) is 13.5. The first-order chi connectivity index (χ1) is 12.2. The molecule has 1 fully saturated rings. The quantitative estimate of drug-likeness (QED) is 0.856. The lowest BCUT2D eigenvalue weighted by molar-refractivity contribution is 0.0696. The summed E-state index contributed by atoms with van der Waals surface area (Å²) in [5, 5.41) is 14.9. The summed E-state index contributed by atoms with van der Waals surface area (Å²) < 4.78 is 24.6. The molecule has 1 saturated heterocycles. The van der Waals surface area contributed by atoms with E-state index in [2.05, 4.69) is 18.7 Å². The van der Waals surface area contributed by atoms with Gasteiger partial charge in [-0.15, -0.1) is 0 Å². The average Bonchev–Trinajstić information content (AvgIpc) is 2.92. The second-order valence-electron chi connectivity index (χ2n) is 6.77. The molecule has 1 heterocycles. The molecule has 0 spiro atoms. The Kier molecular flexibility index (Phi) is 4.77. The van der Waals surface area contributed by atoms with E-state index in [-0.39, 0.29) is 22.5 Å². The lowest BCUT2D eigenvalue weighted by Crippen LogP contribution is -2.33. The minimum Gasteiger partial charge on any atom is -0.478 e. The number of carbonyl (C=O) groups is 1. The van der Waals surface area contributed by atoms with Crippen LogP contribution in [-0.4, -0.2) is 31.6 Å². The van der Waals surface area contributed by atoms with Gasteiger partial charge in [0.05, 0.1) is 10.5 Å². The first-order valence-corrected chi connectivity index (χ1v) is 10.0. The number of primary sulfonamides is 1. The molecule has 0 aliphatic carbocycles. The fourth-order valence-corrected chi connectivity index (χ4v) is 4.52. The number of benzene rings is 2. The molecule has 26 heavy (non-hydrogen) atoms. The molecule has 1 aliphatic rings. The number of sulfonamides is 1. The van der Waals surface area contributed by atoms with Crippen LogP contribution >= 0.6 is 0 Å². The zero-order valence-corrected chi connectivity index (χ0v) is 15.5. The minimum absolute atomic E-state index is 0.0880. The molecule has 1 aliphatic heterocycles. The van der Waals surface area contributed by atoms with Gasteiger partial charge in [0, 0.05) is 23.3 Å². The van der Waals surface area contributed by atoms with Crippen LogP contribution in [0.5, 0.6) is 0 Å². The number of anilines is 1. The van der Waals surface area contributed by atoms with E-state index in [4.69, 9.17) is 5.14 Å². The van der Waals surface area contributed by atoms with Crippen LogP contribution in [-0.2, 0) is 10.0 Å². The molecule has 2 unspecified atom stereocenters. The SMILES string of the molecule is CC1CCC(C)N1c1cc(C(=O)O)cc(S(N)(=O)=O)c1-c1ccccc1.